The Morgan fingerprint density at radius 3 is 1.16 bits per heavy atom. The lowest BCUT2D eigenvalue weighted by Gasteiger charge is -2.15. The molecule has 3 aromatic carbocycles. The fourth-order valence-corrected chi connectivity index (χ4v) is 11.9. The van der Waals surface area contributed by atoms with Gasteiger partial charge in [0.1, 0.15) is 29.0 Å². The van der Waals surface area contributed by atoms with Crippen LogP contribution in [0.5, 0.6) is 0 Å². The van der Waals surface area contributed by atoms with Gasteiger partial charge in [0.05, 0.1) is 75.7 Å². The van der Waals surface area contributed by atoms with Gasteiger partial charge < -0.3 is 77.5 Å². The second-order valence-electron chi connectivity index (χ2n) is 24.8. The van der Waals surface area contributed by atoms with Gasteiger partial charge in [0, 0.05) is 108 Å². The molecule has 9 rings (SSSR count). The molecular weight excluding hydrogens is 1290 g/mol. The van der Waals surface area contributed by atoms with Crippen molar-refractivity contribution >= 4 is 105 Å². The second-order valence-corrected chi connectivity index (χ2v) is 24.8. The summed E-state index contributed by atoms with van der Waals surface area (Å²) < 4.78 is 55.4. The Kier molecular flexibility index (Phi) is 25.9. The molecule has 0 saturated heterocycles. The zero-order chi connectivity index (χ0) is 73.0. The van der Waals surface area contributed by atoms with Gasteiger partial charge >= 0.3 is 0 Å². The Morgan fingerprint density at radius 2 is 0.778 bits per heavy atom. The molecule has 0 spiro atoms. The van der Waals surface area contributed by atoms with E-state index in [2.05, 4.69) is 46.9 Å². The largest absolute Gasteiger partial charge is 0.393 e. The highest BCUT2D eigenvalue weighted by Crippen LogP contribution is 2.39. The third-order valence-corrected chi connectivity index (χ3v) is 16.6. The van der Waals surface area contributed by atoms with Crippen LogP contribution in [0.4, 0.5) is 34.6 Å². The van der Waals surface area contributed by atoms with Crippen LogP contribution in [0.3, 0.4) is 0 Å². The summed E-state index contributed by atoms with van der Waals surface area (Å²) in [6.07, 6.45) is -0.686. The van der Waals surface area contributed by atoms with E-state index in [9.17, 15) is 91.4 Å². The van der Waals surface area contributed by atoms with Crippen molar-refractivity contribution in [2.75, 3.05) is 35.6 Å². The number of carbonyl (C=O) groups is 9. The summed E-state index contributed by atoms with van der Waals surface area (Å²) in [5.41, 5.74) is 8.51. The normalized spacial score (nSPS) is 15.8. The Bertz CT molecular complexity index is 4240. The molecule has 0 bridgehead atoms. The van der Waals surface area contributed by atoms with E-state index in [0.717, 1.165) is 6.07 Å². The van der Waals surface area contributed by atoms with Crippen LogP contribution in [-0.2, 0) is 28.8 Å². The average molecular weight is 1380 g/mol. The molecule has 6 amide bonds. The number of halogens is 4. The molecule has 3 aliphatic heterocycles. The number of ketones is 3. The first-order valence-corrected chi connectivity index (χ1v) is 31.8. The summed E-state index contributed by atoms with van der Waals surface area (Å²) >= 11 is 0. The summed E-state index contributed by atoms with van der Waals surface area (Å²) in [6, 6.07) is 10.3. The summed E-state index contributed by atoms with van der Waals surface area (Å²) in [4.78, 5) is 117. The molecule has 0 fully saturated rings. The minimum atomic E-state index is -1.13. The summed E-state index contributed by atoms with van der Waals surface area (Å²) in [5, 5.41) is 75.2. The number of hydrogen-bond donors (Lipinski definition) is 15. The highest BCUT2D eigenvalue weighted by atomic mass is 19.2. The molecule has 0 saturated carbocycles. The Labute approximate surface area is 566 Å². The molecule has 0 radical (unpaired) electrons. The van der Waals surface area contributed by atoms with E-state index >= 15 is 0 Å². The number of hydrogen-bond acceptors (Lipinski definition) is 15. The van der Waals surface area contributed by atoms with Gasteiger partial charge in [0.25, 0.3) is 35.4 Å². The maximum Gasteiger partial charge on any atom is 0.256 e. The van der Waals surface area contributed by atoms with Crippen molar-refractivity contribution in [2.24, 2.45) is 0 Å². The summed E-state index contributed by atoms with van der Waals surface area (Å²) in [5.74, 6) is -6.12. The van der Waals surface area contributed by atoms with E-state index in [1.165, 1.54) is 69.3 Å². The highest BCUT2D eigenvalue weighted by molar-refractivity contribution is 6.36. The molecular formula is C71H81F4N9O15. The minimum Gasteiger partial charge on any atom is -0.393 e. The average Bonchev–Trinajstić information content (AvgIpc) is 1.64. The molecule has 6 aromatic rings. The Balaban J connectivity index is 0.000000209. The summed E-state index contributed by atoms with van der Waals surface area (Å²) in [7, 11) is 0. The number of carbonyl (C=O) groups excluding carboxylic acids is 9. The van der Waals surface area contributed by atoms with Crippen molar-refractivity contribution in [2.45, 2.75) is 150 Å². The second kappa shape index (κ2) is 33.5. The van der Waals surface area contributed by atoms with Crippen LogP contribution < -0.4 is 31.9 Å². The molecule has 0 aliphatic carbocycles. The molecule has 3 aliphatic rings. The van der Waals surface area contributed by atoms with Crippen molar-refractivity contribution in [3.63, 3.8) is 0 Å². The zero-order valence-corrected chi connectivity index (χ0v) is 56.0. The predicted molar refractivity (Wildman–Crippen MR) is 361 cm³/mol. The maximum absolute atomic E-state index is 14.4. The number of H-pyrrole nitrogens is 3. The SMILES string of the molecule is CC(=O)C[C@H](O)C[C@H](O)CCNC(=O)c1c(C)[nH]c(/C=C2\C(=O)Nc3ccc(F)c(F)c32)c1C.CC(=O)C[C@H](O)C[C@H](O)CCNC(=O)c1c(C)[nH]c(/C=C2\C(=O)Nc3ccc(F)cc32)c1C.CC(=O)C[C@H](O)C[C@H](O)CNC(=O)c1c(C)[nH]c(/C=C2\C(=O)Nc3ccc(F)cc32)c1C. The van der Waals surface area contributed by atoms with Gasteiger partial charge in [-0.15, -0.1) is 0 Å². The van der Waals surface area contributed by atoms with Crippen molar-refractivity contribution in [1.29, 1.82) is 0 Å². The zero-order valence-electron chi connectivity index (χ0n) is 56.0. The van der Waals surface area contributed by atoms with Gasteiger partial charge in [-0.25, -0.2) is 17.6 Å². The lowest BCUT2D eigenvalue weighted by molar-refractivity contribution is -0.120. The molecule has 99 heavy (non-hydrogen) atoms. The number of benzene rings is 3. The number of Topliss-reactive ketones (excluding diaryl/α,β-unsaturated/α-hetero) is 3. The lowest BCUT2D eigenvalue weighted by atomic mass is 10.0. The number of aromatic amines is 3. The first-order valence-electron chi connectivity index (χ1n) is 31.8. The van der Waals surface area contributed by atoms with Gasteiger partial charge in [-0.3, -0.25) is 43.2 Å². The number of aryl methyl sites for hydroxylation is 3. The van der Waals surface area contributed by atoms with Crippen LogP contribution in [-0.4, -0.2) is 155 Å². The number of aromatic nitrogens is 3. The number of aliphatic hydroxyl groups excluding tert-OH is 6. The lowest BCUT2D eigenvalue weighted by Crippen LogP contribution is -2.34. The molecule has 6 atom stereocenters. The summed E-state index contributed by atoms with van der Waals surface area (Å²) in [6.45, 7) is 14.5. The van der Waals surface area contributed by atoms with Gasteiger partial charge in [0.2, 0.25) is 0 Å². The van der Waals surface area contributed by atoms with Crippen LogP contribution in [0.2, 0.25) is 0 Å². The topological polar surface area (TPSA) is 395 Å². The monoisotopic (exact) mass is 1380 g/mol. The number of nitrogens with one attached hydrogen (secondary N) is 9. The number of amides is 6. The smallest absolute Gasteiger partial charge is 0.256 e. The van der Waals surface area contributed by atoms with Crippen molar-refractivity contribution < 1.29 is 91.4 Å². The number of fused-ring (bicyclic) bond motifs is 3. The third-order valence-electron chi connectivity index (χ3n) is 16.6. The van der Waals surface area contributed by atoms with Gasteiger partial charge in [0.15, 0.2) is 11.6 Å². The van der Waals surface area contributed by atoms with E-state index in [1.807, 2.05) is 0 Å². The quantitative estimate of drug-likeness (QED) is 0.0189. The van der Waals surface area contributed by atoms with Crippen molar-refractivity contribution in [1.82, 2.24) is 30.9 Å². The van der Waals surface area contributed by atoms with Crippen LogP contribution in [0.15, 0.2) is 48.5 Å². The predicted octanol–water partition coefficient (Wildman–Crippen LogP) is 7.17. The first kappa shape index (κ1) is 76.4. The van der Waals surface area contributed by atoms with Gasteiger partial charge in [-0.1, -0.05) is 0 Å². The van der Waals surface area contributed by atoms with Gasteiger partial charge in [-0.05, 0) is 171 Å². The van der Waals surface area contributed by atoms with Crippen LogP contribution in [0.25, 0.3) is 34.9 Å². The third kappa shape index (κ3) is 19.7. The van der Waals surface area contributed by atoms with Gasteiger partial charge in [-0.2, -0.15) is 0 Å². The first-order chi connectivity index (χ1) is 46.6. The molecule has 0 unspecified atom stereocenters. The van der Waals surface area contributed by atoms with E-state index in [0.29, 0.717) is 95.6 Å². The molecule has 28 heteroatoms. The van der Waals surface area contributed by atoms with Crippen LogP contribution in [0.1, 0.15) is 171 Å². The Hall–Kier alpha value is -9.97. The number of aliphatic hydroxyl groups is 6. The van der Waals surface area contributed by atoms with E-state index < -0.39 is 77.6 Å². The fraction of sp³-hybridized carbons (Fsp3) is 0.366. The number of anilines is 3. The fourth-order valence-electron chi connectivity index (χ4n) is 11.9. The standard InChI is InChI=1S/C24H27F2N3O5.C24H28FN3O5.C23H26FN3O5/c1-11(30)8-15(32)9-14(31)6-7-27-24(34)20-12(2)19(28-13(20)3)10-16-21-18(29-23(16)33)5-4-17(25)22(21)26;1-12(29)8-17(31)10-16(30)6-7-26-24(33)22-13(2)21(27-14(22)3)11-19-18-9-15(25)4-5-20(18)28-23(19)32;1-11(28)6-15(29)8-16(30)10-25-23(32)21-12(2)20(26-13(21)3)9-18-17-7-14(24)4-5-19(17)27-22(18)31/h4-5,10,14-15,28,31-32H,6-9H2,1-3H3,(H,27,34)(H,29,33);4-5,9,11,16-17,27,30-31H,6-8,10H2,1-3H3,(H,26,33)(H,28,32);4-5,7,9,15-16,26,29-30H,6,8,10H2,1-3H3,(H,25,32)(H,27,31)/b16-10-;19-11-;18-9-/t14-,15+;16-,17+;15-,16-/m110/s1. The highest BCUT2D eigenvalue weighted by Gasteiger charge is 2.32. The van der Waals surface area contributed by atoms with Crippen LogP contribution >= 0.6 is 0 Å². The molecule has 15 N–H and O–H groups in total. The minimum absolute atomic E-state index is 0.0153. The molecule has 3 aromatic heterocycles. The van der Waals surface area contributed by atoms with Crippen LogP contribution in [0, 0.1) is 64.8 Å². The molecule has 528 valence electrons. The van der Waals surface area contributed by atoms with Crippen molar-refractivity contribution in [3.8, 4) is 0 Å². The van der Waals surface area contributed by atoms with E-state index in [4.69, 9.17) is 0 Å². The molecule has 24 nitrogen and oxygen atoms in total. The van der Waals surface area contributed by atoms with Crippen molar-refractivity contribution in [3.05, 3.63) is 156 Å². The van der Waals surface area contributed by atoms with E-state index in [1.54, 1.807) is 53.7 Å². The maximum atomic E-state index is 14.4. The van der Waals surface area contributed by atoms with E-state index in [-0.39, 0.29) is 128 Å². The Morgan fingerprint density at radius 1 is 0.444 bits per heavy atom. The molecule has 6 heterocycles. The number of rotatable bonds is 26.